The molecule has 1 heterocycles. The summed E-state index contributed by atoms with van der Waals surface area (Å²) in [6.07, 6.45) is 1.04. The Balaban J connectivity index is 1.72. The molecule has 3 heteroatoms. The van der Waals surface area contributed by atoms with E-state index in [4.69, 9.17) is 4.74 Å². The van der Waals surface area contributed by atoms with Crippen LogP contribution in [0.2, 0.25) is 0 Å². The third-order valence-electron chi connectivity index (χ3n) is 5.13. The second-order valence-corrected chi connectivity index (χ2v) is 7.63. The second kappa shape index (κ2) is 4.36. The number of hydrogen-bond acceptors (Lipinski definition) is 3. The van der Waals surface area contributed by atoms with Gasteiger partial charge in [0, 0.05) is 17.3 Å². The molecule has 2 aliphatic carbocycles. The molecule has 0 bridgehead atoms. The van der Waals surface area contributed by atoms with Crippen LogP contribution in [0.25, 0.3) is 0 Å². The molecule has 20 heavy (non-hydrogen) atoms. The van der Waals surface area contributed by atoms with Crippen LogP contribution in [-0.2, 0) is 4.74 Å². The number of fused-ring (bicyclic) bond motifs is 1. The van der Waals surface area contributed by atoms with E-state index in [0.29, 0.717) is 18.4 Å². The van der Waals surface area contributed by atoms with Gasteiger partial charge in [0.05, 0.1) is 6.61 Å². The van der Waals surface area contributed by atoms with Crippen molar-refractivity contribution in [3.8, 4) is 11.8 Å². The van der Waals surface area contributed by atoms with Gasteiger partial charge in [-0.2, -0.15) is 0 Å². The molecule has 3 rings (SSSR count). The second-order valence-electron chi connectivity index (χ2n) is 6.71. The molecule has 2 aliphatic rings. The van der Waals surface area contributed by atoms with Gasteiger partial charge in [-0.3, -0.25) is 0 Å². The van der Waals surface area contributed by atoms with E-state index in [1.165, 1.54) is 11.3 Å². The summed E-state index contributed by atoms with van der Waals surface area (Å²) in [6, 6.07) is 1.96. The lowest BCUT2D eigenvalue weighted by molar-refractivity contribution is 0.0358. The molecule has 0 aliphatic heterocycles. The summed E-state index contributed by atoms with van der Waals surface area (Å²) in [5.74, 6) is 7.25. The Morgan fingerprint density at radius 3 is 2.90 bits per heavy atom. The van der Waals surface area contributed by atoms with Crippen LogP contribution in [-0.4, -0.2) is 12.6 Å². The van der Waals surface area contributed by atoms with E-state index in [-0.39, 0.29) is 16.8 Å². The zero-order valence-corrected chi connectivity index (χ0v) is 13.3. The molecule has 0 N–H and O–H groups in total. The highest BCUT2D eigenvalue weighted by molar-refractivity contribution is 7.12. The fourth-order valence-corrected chi connectivity index (χ4v) is 4.45. The van der Waals surface area contributed by atoms with Crippen LogP contribution in [0.4, 0.5) is 0 Å². The Morgan fingerprint density at radius 1 is 1.50 bits per heavy atom. The van der Waals surface area contributed by atoms with Crippen molar-refractivity contribution in [2.75, 3.05) is 6.61 Å². The summed E-state index contributed by atoms with van der Waals surface area (Å²) in [6.45, 7) is 9.09. The molecular weight excluding hydrogens is 268 g/mol. The van der Waals surface area contributed by atoms with Gasteiger partial charge < -0.3 is 4.74 Å². The van der Waals surface area contributed by atoms with E-state index in [1.54, 1.807) is 0 Å². The Hall–Kier alpha value is -1.27. The molecule has 3 unspecified atom stereocenters. The predicted octanol–water partition coefficient (Wildman–Crippen LogP) is 3.90. The van der Waals surface area contributed by atoms with Crippen LogP contribution in [0.1, 0.15) is 42.4 Å². The number of hydrogen-bond donors (Lipinski definition) is 0. The highest BCUT2D eigenvalue weighted by atomic mass is 32.1. The molecule has 2 nitrogen and oxygen atoms in total. The Labute approximate surface area is 124 Å². The molecule has 1 aromatic heterocycles. The summed E-state index contributed by atoms with van der Waals surface area (Å²) in [7, 11) is 0. The Bertz CT molecular complexity index is 616. The van der Waals surface area contributed by atoms with Gasteiger partial charge >= 0.3 is 5.97 Å². The molecule has 3 atom stereocenters. The molecule has 0 spiro atoms. The average molecular weight is 288 g/mol. The summed E-state index contributed by atoms with van der Waals surface area (Å²) in [5.41, 5.74) is 1.23. The minimum Gasteiger partial charge on any atom is -0.461 e. The molecule has 0 amide bonds. The molecular formula is C17H20O2S. The first-order chi connectivity index (χ1) is 9.38. The van der Waals surface area contributed by atoms with Crippen molar-refractivity contribution in [1.82, 2.24) is 0 Å². The van der Waals surface area contributed by atoms with Crippen LogP contribution >= 0.6 is 11.3 Å². The van der Waals surface area contributed by atoms with Gasteiger partial charge in [0.25, 0.3) is 0 Å². The normalized spacial score (nSPS) is 32.8. The SMILES string of the molecule is Cc1ccsc1C(=O)OCC12CC(C)C#CC1C2(C)C. The lowest BCUT2D eigenvalue weighted by Gasteiger charge is -2.23. The lowest BCUT2D eigenvalue weighted by atomic mass is 9.85. The van der Waals surface area contributed by atoms with Crippen molar-refractivity contribution in [2.45, 2.75) is 34.1 Å². The standard InChI is InChI=1S/C17H20O2S/c1-11-5-6-13-16(3,4)17(13,9-11)10-19-15(18)14-12(2)7-8-20-14/h7-8,11,13H,9-10H2,1-4H3. The van der Waals surface area contributed by atoms with Crippen LogP contribution in [0.3, 0.4) is 0 Å². The maximum absolute atomic E-state index is 12.2. The van der Waals surface area contributed by atoms with E-state index < -0.39 is 0 Å². The number of carbonyl (C=O) groups excluding carboxylic acids is 1. The van der Waals surface area contributed by atoms with E-state index in [9.17, 15) is 4.79 Å². The monoisotopic (exact) mass is 288 g/mol. The number of rotatable bonds is 3. The fourth-order valence-electron chi connectivity index (χ4n) is 3.64. The highest BCUT2D eigenvalue weighted by Crippen LogP contribution is 2.72. The first-order valence-corrected chi connectivity index (χ1v) is 7.99. The summed E-state index contributed by atoms with van der Waals surface area (Å²) in [4.78, 5) is 12.9. The minimum atomic E-state index is -0.181. The van der Waals surface area contributed by atoms with E-state index in [0.717, 1.165) is 16.9 Å². The van der Waals surface area contributed by atoms with Crippen LogP contribution < -0.4 is 0 Å². The molecule has 1 fully saturated rings. The van der Waals surface area contributed by atoms with Gasteiger partial charge in [0.1, 0.15) is 4.88 Å². The largest absolute Gasteiger partial charge is 0.461 e. The quantitative estimate of drug-likeness (QED) is 0.623. The molecule has 0 radical (unpaired) electrons. The number of esters is 1. The molecule has 0 aromatic carbocycles. The van der Waals surface area contributed by atoms with Gasteiger partial charge in [-0.25, -0.2) is 4.79 Å². The zero-order valence-electron chi connectivity index (χ0n) is 12.4. The van der Waals surface area contributed by atoms with Crippen molar-refractivity contribution in [3.05, 3.63) is 21.9 Å². The van der Waals surface area contributed by atoms with Crippen molar-refractivity contribution in [1.29, 1.82) is 0 Å². The third kappa shape index (κ3) is 1.82. The van der Waals surface area contributed by atoms with E-state index in [2.05, 4.69) is 32.6 Å². The van der Waals surface area contributed by atoms with Crippen molar-refractivity contribution in [3.63, 3.8) is 0 Å². The maximum atomic E-state index is 12.2. The lowest BCUT2D eigenvalue weighted by Crippen LogP contribution is -2.23. The van der Waals surface area contributed by atoms with Crippen molar-refractivity contribution in [2.24, 2.45) is 22.7 Å². The van der Waals surface area contributed by atoms with Crippen LogP contribution in [0.5, 0.6) is 0 Å². The molecule has 1 saturated carbocycles. The van der Waals surface area contributed by atoms with E-state index >= 15 is 0 Å². The van der Waals surface area contributed by atoms with Gasteiger partial charge in [0.2, 0.25) is 0 Å². The zero-order chi connectivity index (χ0) is 14.5. The smallest absolute Gasteiger partial charge is 0.348 e. The third-order valence-corrected chi connectivity index (χ3v) is 6.12. The van der Waals surface area contributed by atoms with Crippen molar-refractivity contribution < 1.29 is 9.53 Å². The number of aryl methyl sites for hydroxylation is 1. The first-order valence-electron chi connectivity index (χ1n) is 7.11. The highest BCUT2D eigenvalue weighted by Gasteiger charge is 2.71. The van der Waals surface area contributed by atoms with Crippen LogP contribution in [0, 0.1) is 41.4 Å². The topological polar surface area (TPSA) is 26.3 Å². The van der Waals surface area contributed by atoms with Crippen LogP contribution in [0.15, 0.2) is 11.4 Å². The number of thiophene rings is 1. The molecule has 1 aromatic rings. The Morgan fingerprint density at radius 2 is 2.25 bits per heavy atom. The Kier molecular flexibility index (Phi) is 2.99. The summed E-state index contributed by atoms with van der Waals surface area (Å²) in [5, 5.41) is 1.93. The van der Waals surface area contributed by atoms with Gasteiger partial charge in [-0.05, 0) is 35.8 Å². The minimum absolute atomic E-state index is 0.0679. The van der Waals surface area contributed by atoms with Gasteiger partial charge in [-0.1, -0.05) is 32.6 Å². The first kappa shape index (κ1) is 13.7. The average Bonchev–Trinajstić information content (AvgIpc) is 2.71. The molecule has 0 saturated heterocycles. The summed E-state index contributed by atoms with van der Waals surface area (Å²) < 4.78 is 5.64. The number of ether oxygens (including phenoxy) is 1. The number of carbonyl (C=O) groups is 1. The molecule has 106 valence electrons. The maximum Gasteiger partial charge on any atom is 0.348 e. The van der Waals surface area contributed by atoms with Gasteiger partial charge in [-0.15, -0.1) is 11.3 Å². The van der Waals surface area contributed by atoms with Gasteiger partial charge in [0.15, 0.2) is 0 Å². The van der Waals surface area contributed by atoms with Crippen molar-refractivity contribution >= 4 is 17.3 Å². The van der Waals surface area contributed by atoms with E-state index in [1.807, 2.05) is 18.4 Å². The summed E-state index contributed by atoms with van der Waals surface area (Å²) >= 11 is 1.45. The fraction of sp³-hybridized carbons (Fsp3) is 0.588. The predicted molar refractivity (Wildman–Crippen MR) is 80.6 cm³/mol.